The Bertz CT molecular complexity index is 868. The van der Waals surface area contributed by atoms with Crippen LogP contribution in [0.4, 0.5) is 10.5 Å². The van der Waals surface area contributed by atoms with Crippen LogP contribution in [0.5, 0.6) is 5.75 Å². The van der Waals surface area contributed by atoms with Crippen LogP contribution in [0.2, 0.25) is 0 Å². The maximum atomic E-state index is 12.8. The number of hydrogen-bond donors (Lipinski definition) is 3. The van der Waals surface area contributed by atoms with E-state index in [0.717, 1.165) is 37.0 Å². The number of benzene rings is 1. The van der Waals surface area contributed by atoms with Gasteiger partial charge in [-0.2, -0.15) is 0 Å². The summed E-state index contributed by atoms with van der Waals surface area (Å²) in [6, 6.07) is 5.71. The summed E-state index contributed by atoms with van der Waals surface area (Å²) in [7, 11) is 0. The Labute approximate surface area is 193 Å². The van der Waals surface area contributed by atoms with Gasteiger partial charge in [-0.1, -0.05) is 12.8 Å². The summed E-state index contributed by atoms with van der Waals surface area (Å²) in [5, 5.41) is 15.9. The highest BCUT2D eigenvalue weighted by molar-refractivity contribution is 5.89. The lowest BCUT2D eigenvalue weighted by Crippen LogP contribution is -2.48. The average Bonchev–Trinajstić information content (AvgIpc) is 3.46. The van der Waals surface area contributed by atoms with Crippen LogP contribution in [0, 0.1) is 0 Å². The Morgan fingerprint density at radius 2 is 1.94 bits per heavy atom. The molecule has 180 valence electrons. The summed E-state index contributed by atoms with van der Waals surface area (Å²) in [6.45, 7) is 2.15. The third-order valence-electron chi connectivity index (χ3n) is 7.21. The van der Waals surface area contributed by atoms with E-state index in [9.17, 15) is 14.7 Å². The van der Waals surface area contributed by atoms with Crippen molar-refractivity contribution in [3.05, 3.63) is 23.8 Å². The highest BCUT2D eigenvalue weighted by Gasteiger charge is 2.46. The molecule has 3 heterocycles. The number of aliphatic hydroxyl groups excluding tert-OH is 1. The molecule has 5 rings (SSSR count). The Kier molecular flexibility index (Phi) is 6.71. The Morgan fingerprint density at radius 1 is 1.15 bits per heavy atom. The molecule has 0 bridgehead atoms. The van der Waals surface area contributed by atoms with Gasteiger partial charge in [0.2, 0.25) is 5.91 Å². The van der Waals surface area contributed by atoms with Gasteiger partial charge in [0.15, 0.2) is 0 Å². The third kappa shape index (κ3) is 4.95. The van der Waals surface area contributed by atoms with Gasteiger partial charge in [0.25, 0.3) is 0 Å². The Morgan fingerprint density at radius 3 is 2.70 bits per heavy atom. The molecule has 9 nitrogen and oxygen atoms in total. The van der Waals surface area contributed by atoms with E-state index in [2.05, 4.69) is 10.6 Å². The maximum Gasteiger partial charge on any atom is 0.319 e. The van der Waals surface area contributed by atoms with Crippen molar-refractivity contribution < 1.29 is 28.9 Å². The Hall–Kier alpha value is -2.36. The van der Waals surface area contributed by atoms with E-state index in [4.69, 9.17) is 14.2 Å². The smallest absolute Gasteiger partial charge is 0.319 e. The van der Waals surface area contributed by atoms with Crippen molar-refractivity contribution >= 4 is 17.6 Å². The molecule has 1 aliphatic carbocycles. The number of nitrogens with one attached hydrogen (secondary N) is 2. The summed E-state index contributed by atoms with van der Waals surface area (Å²) in [5.74, 6) is 0.790. The first kappa shape index (κ1) is 22.4. The molecule has 3 fully saturated rings. The van der Waals surface area contributed by atoms with Gasteiger partial charge in [0.05, 0.1) is 32.3 Å². The van der Waals surface area contributed by atoms with Crippen LogP contribution in [-0.2, 0) is 14.3 Å². The predicted octanol–water partition coefficient (Wildman–Crippen LogP) is 1.99. The minimum absolute atomic E-state index is 0.00645. The molecule has 0 radical (unpaired) electrons. The summed E-state index contributed by atoms with van der Waals surface area (Å²) in [4.78, 5) is 27.0. The second-order valence-electron chi connectivity index (χ2n) is 9.43. The van der Waals surface area contributed by atoms with Crippen LogP contribution in [0.25, 0.3) is 0 Å². The molecule has 1 aromatic rings. The molecule has 3 amide bonds. The largest absolute Gasteiger partial charge is 0.487 e. The van der Waals surface area contributed by atoms with Crippen molar-refractivity contribution in [2.45, 2.75) is 68.8 Å². The van der Waals surface area contributed by atoms with E-state index in [1.807, 2.05) is 23.1 Å². The second kappa shape index (κ2) is 9.87. The molecule has 1 aromatic carbocycles. The number of nitrogens with zero attached hydrogens (tertiary/aromatic N) is 1. The van der Waals surface area contributed by atoms with E-state index in [0.29, 0.717) is 38.4 Å². The van der Waals surface area contributed by atoms with Crippen LogP contribution in [0.1, 0.15) is 50.0 Å². The number of carbonyl (C=O) groups excluding carboxylic acids is 2. The summed E-state index contributed by atoms with van der Waals surface area (Å²) < 4.78 is 17.5. The molecule has 0 unspecified atom stereocenters. The highest BCUT2D eigenvalue weighted by Crippen LogP contribution is 2.47. The van der Waals surface area contributed by atoms with E-state index >= 15 is 0 Å². The van der Waals surface area contributed by atoms with Crippen LogP contribution >= 0.6 is 0 Å². The van der Waals surface area contributed by atoms with E-state index in [1.54, 1.807) is 0 Å². The monoisotopic (exact) mass is 459 g/mol. The minimum Gasteiger partial charge on any atom is -0.487 e. The fraction of sp³-hybridized carbons (Fsp3) is 0.667. The van der Waals surface area contributed by atoms with Gasteiger partial charge < -0.3 is 34.9 Å². The molecule has 9 heteroatoms. The minimum atomic E-state index is -0.499. The predicted molar refractivity (Wildman–Crippen MR) is 120 cm³/mol. The van der Waals surface area contributed by atoms with Crippen molar-refractivity contribution in [2.75, 3.05) is 38.2 Å². The summed E-state index contributed by atoms with van der Waals surface area (Å²) in [6.07, 6.45) is 4.18. The molecule has 3 N–H and O–H groups in total. The van der Waals surface area contributed by atoms with E-state index < -0.39 is 6.10 Å². The molecular weight excluding hydrogens is 426 g/mol. The number of anilines is 1. The van der Waals surface area contributed by atoms with Crippen LogP contribution in [0.3, 0.4) is 0 Å². The van der Waals surface area contributed by atoms with Crippen molar-refractivity contribution in [3.8, 4) is 5.75 Å². The van der Waals surface area contributed by atoms with Gasteiger partial charge >= 0.3 is 6.03 Å². The van der Waals surface area contributed by atoms with E-state index in [-0.39, 0.29) is 49.1 Å². The lowest BCUT2D eigenvalue weighted by Gasteiger charge is -2.38. The van der Waals surface area contributed by atoms with Crippen LogP contribution in [-0.4, -0.2) is 79.2 Å². The molecule has 4 aliphatic rings. The van der Waals surface area contributed by atoms with Gasteiger partial charge in [-0.05, 0) is 37.5 Å². The SMILES string of the molecule is O=C(Nc1ccc2c(c1)[C@@H]1C[C@@H](CC(=O)N3CCOCC3)O[C@H](CO)[C@@H]1O2)NC1CCCC1. The molecule has 0 spiro atoms. The number of carbonyl (C=O) groups is 2. The molecule has 4 atom stereocenters. The summed E-state index contributed by atoms with van der Waals surface area (Å²) in [5.41, 5.74) is 1.70. The van der Waals surface area contributed by atoms with Gasteiger partial charge in [-0.15, -0.1) is 0 Å². The first-order valence-electron chi connectivity index (χ1n) is 12.1. The number of hydrogen-bond acceptors (Lipinski definition) is 6. The van der Waals surface area contributed by atoms with Crippen molar-refractivity contribution in [1.29, 1.82) is 0 Å². The Balaban J connectivity index is 1.26. The lowest BCUT2D eigenvalue weighted by molar-refractivity contribution is -0.151. The zero-order valence-corrected chi connectivity index (χ0v) is 18.8. The zero-order chi connectivity index (χ0) is 22.8. The number of urea groups is 1. The van der Waals surface area contributed by atoms with Gasteiger partial charge in [-0.3, -0.25) is 4.79 Å². The molecule has 3 aliphatic heterocycles. The normalized spacial score (nSPS) is 29.2. The van der Waals surface area contributed by atoms with Crippen LogP contribution in [0.15, 0.2) is 18.2 Å². The highest BCUT2D eigenvalue weighted by atomic mass is 16.6. The quantitative estimate of drug-likeness (QED) is 0.621. The maximum absolute atomic E-state index is 12.8. The number of morpholine rings is 1. The first-order chi connectivity index (χ1) is 16.1. The fourth-order valence-corrected chi connectivity index (χ4v) is 5.53. The number of rotatable bonds is 5. The topological polar surface area (TPSA) is 109 Å². The second-order valence-corrected chi connectivity index (χ2v) is 9.43. The third-order valence-corrected chi connectivity index (χ3v) is 7.21. The van der Waals surface area contributed by atoms with Gasteiger partial charge in [-0.25, -0.2) is 4.79 Å². The first-order valence-corrected chi connectivity index (χ1v) is 12.1. The molecule has 2 saturated heterocycles. The molecule has 33 heavy (non-hydrogen) atoms. The fourth-order valence-electron chi connectivity index (χ4n) is 5.53. The average molecular weight is 460 g/mol. The molecule has 1 saturated carbocycles. The van der Waals surface area contributed by atoms with Crippen molar-refractivity contribution in [3.63, 3.8) is 0 Å². The zero-order valence-electron chi connectivity index (χ0n) is 18.8. The summed E-state index contributed by atoms with van der Waals surface area (Å²) >= 11 is 0. The standard InChI is InChI=1S/C24H33N3O6/c28-14-21-23-19(12-17(32-21)13-22(29)27-7-9-31-10-8-27)18-11-16(5-6-20(18)33-23)26-24(30)25-15-3-1-2-4-15/h5-6,11,15,17,19,21,23,28H,1-4,7-10,12-14H2,(H2,25,26,30)/t17-,19-,21+,23+/m0/s1. The van der Waals surface area contributed by atoms with Crippen molar-refractivity contribution in [2.24, 2.45) is 0 Å². The number of aliphatic hydroxyl groups is 1. The van der Waals surface area contributed by atoms with Gasteiger partial charge in [0, 0.05) is 36.3 Å². The number of amides is 3. The molecule has 0 aromatic heterocycles. The van der Waals surface area contributed by atoms with Crippen LogP contribution < -0.4 is 15.4 Å². The van der Waals surface area contributed by atoms with Gasteiger partial charge in [0.1, 0.15) is 18.0 Å². The van der Waals surface area contributed by atoms with E-state index in [1.165, 1.54) is 0 Å². The number of fused-ring (bicyclic) bond motifs is 3. The van der Waals surface area contributed by atoms with Crippen molar-refractivity contribution in [1.82, 2.24) is 10.2 Å². The molecular formula is C24H33N3O6. The number of ether oxygens (including phenoxy) is 3. The lowest BCUT2D eigenvalue weighted by atomic mass is 9.84.